The Bertz CT molecular complexity index is 1510. The van der Waals surface area contributed by atoms with E-state index < -0.39 is 23.1 Å². The van der Waals surface area contributed by atoms with Crippen molar-refractivity contribution in [3.05, 3.63) is 104 Å². The summed E-state index contributed by atoms with van der Waals surface area (Å²) in [5.41, 5.74) is 0.627. The van der Waals surface area contributed by atoms with Crippen LogP contribution >= 0.6 is 11.6 Å². The van der Waals surface area contributed by atoms with Crippen molar-refractivity contribution in [2.75, 3.05) is 11.9 Å². The van der Waals surface area contributed by atoms with Gasteiger partial charge in [0.2, 0.25) is 5.91 Å². The van der Waals surface area contributed by atoms with Crippen LogP contribution in [0.1, 0.15) is 22.8 Å². The van der Waals surface area contributed by atoms with Gasteiger partial charge in [-0.15, -0.1) is 0 Å². The molecule has 0 saturated carbocycles. The van der Waals surface area contributed by atoms with Crippen molar-refractivity contribution in [2.24, 2.45) is 0 Å². The molecule has 0 aliphatic heterocycles. The number of anilines is 1. The average Bonchev–Trinajstić information content (AvgIpc) is 2.86. The van der Waals surface area contributed by atoms with Gasteiger partial charge in [0.1, 0.15) is 6.54 Å². The van der Waals surface area contributed by atoms with E-state index in [1.807, 2.05) is 0 Å². The summed E-state index contributed by atoms with van der Waals surface area (Å²) in [5.74, 6) is -0.948. The fourth-order valence-corrected chi connectivity index (χ4v) is 3.68. The molecule has 2 aromatic carbocycles. The Morgan fingerprint density at radius 2 is 1.71 bits per heavy atom. The Morgan fingerprint density at radius 3 is 2.40 bits per heavy atom. The van der Waals surface area contributed by atoms with Crippen LogP contribution in [0, 0.1) is 0 Å². The molecule has 0 atom stereocenters. The van der Waals surface area contributed by atoms with E-state index >= 15 is 0 Å². The third kappa shape index (κ3) is 5.30. The molecule has 9 nitrogen and oxygen atoms in total. The standard InChI is InChI=1S/C25H21ClN4O5/c1-2-35-24(33)17-7-11-19(12-8-17)28-21(31)15-29-20-4-3-13-27-22(20)23(32)30(25(29)34)14-16-5-9-18(26)10-6-16/h3-13H,2,14-15H2,1H3,(H,28,31). The van der Waals surface area contributed by atoms with Crippen molar-refractivity contribution in [1.29, 1.82) is 0 Å². The van der Waals surface area contributed by atoms with Crippen molar-refractivity contribution in [2.45, 2.75) is 20.0 Å². The molecule has 0 fully saturated rings. The second-order valence-electron chi connectivity index (χ2n) is 7.60. The van der Waals surface area contributed by atoms with Crippen molar-refractivity contribution in [3.63, 3.8) is 0 Å². The zero-order chi connectivity index (χ0) is 24.9. The maximum Gasteiger partial charge on any atom is 0.338 e. The number of carbonyl (C=O) groups excluding carboxylic acids is 2. The molecule has 0 bridgehead atoms. The number of ether oxygens (including phenoxy) is 1. The summed E-state index contributed by atoms with van der Waals surface area (Å²) in [4.78, 5) is 55.0. The number of nitrogens with zero attached hydrogens (tertiary/aromatic N) is 3. The van der Waals surface area contributed by atoms with Crippen LogP contribution in [-0.4, -0.2) is 32.6 Å². The van der Waals surface area contributed by atoms with Crippen LogP contribution in [-0.2, 0) is 22.6 Å². The summed E-state index contributed by atoms with van der Waals surface area (Å²) < 4.78 is 7.20. The number of pyridine rings is 1. The van der Waals surface area contributed by atoms with E-state index in [2.05, 4.69) is 10.3 Å². The fraction of sp³-hybridized carbons (Fsp3) is 0.160. The van der Waals surface area contributed by atoms with Crippen molar-refractivity contribution in [1.82, 2.24) is 14.1 Å². The molecular weight excluding hydrogens is 472 g/mol. The minimum absolute atomic E-state index is 0.00170. The number of hydrogen-bond donors (Lipinski definition) is 1. The van der Waals surface area contributed by atoms with Crippen LogP contribution in [0.3, 0.4) is 0 Å². The van der Waals surface area contributed by atoms with Gasteiger partial charge < -0.3 is 10.1 Å². The number of esters is 1. The predicted molar refractivity (Wildman–Crippen MR) is 132 cm³/mol. The fourth-order valence-electron chi connectivity index (χ4n) is 3.56. The molecule has 1 N–H and O–H groups in total. The monoisotopic (exact) mass is 492 g/mol. The number of fused-ring (bicyclic) bond motifs is 1. The van der Waals surface area contributed by atoms with Crippen LogP contribution in [0.2, 0.25) is 5.02 Å². The van der Waals surface area contributed by atoms with E-state index in [1.54, 1.807) is 55.5 Å². The molecule has 4 rings (SSSR count). The molecule has 0 saturated heterocycles. The molecule has 0 unspecified atom stereocenters. The number of benzene rings is 2. The molecule has 35 heavy (non-hydrogen) atoms. The van der Waals surface area contributed by atoms with E-state index in [0.29, 0.717) is 21.8 Å². The molecule has 178 valence electrons. The third-order valence-electron chi connectivity index (χ3n) is 5.22. The Kier molecular flexibility index (Phi) is 7.07. The minimum atomic E-state index is -0.641. The largest absolute Gasteiger partial charge is 0.462 e. The number of nitrogens with one attached hydrogen (secondary N) is 1. The number of hydrogen-bond acceptors (Lipinski definition) is 6. The maximum atomic E-state index is 13.3. The summed E-state index contributed by atoms with van der Waals surface area (Å²) in [5, 5.41) is 3.23. The van der Waals surface area contributed by atoms with Crippen LogP contribution in [0.4, 0.5) is 5.69 Å². The smallest absolute Gasteiger partial charge is 0.338 e. The van der Waals surface area contributed by atoms with E-state index in [9.17, 15) is 19.2 Å². The molecule has 0 radical (unpaired) electrons. The average molecular weight is 493 g/mol. The van der Waals surface area contributed by atoms with Crippen LogP contribution in [0.15, 0.2) is 76.4 Å². The zero-order valence-electron chi connectivity index (χ0n) is 18.7. The normalized spacial score (nSPS) is 10.8. The lowest BCUT2D eigenvalue weighted by Gasteiger charge is -2.14. The molecule has 2 heterocycles. The lowest BCUT2D eigenvalue weighted by atomic mass is 10.2. The van der Waals surface area contributed by atoms with Gasteiger partial charge in [-0.25, -0.2) is 14.6 Å². The van der Waals surface area contributed by atoms with Gasteiger partial charge >= 0.3 is 11.7 Å². The van der Waals surface area contributed by atoms with Crippen molar-refractivity contribution >= 4 is 40.2 Å². The number of rotatable bonds is 7. The van der Waals surface area contributed by atoms with Gasteiger partial charge in [-0.05, 0) is 61.0 Å². The van der Waals surface area contributed by atoms with Crippen LogP contribution < -0.4 is 16.6 Å². The van der Waals surface area contributed by atoms with Gasteiger partial charge in [0, 0.05) is 16.9 Å². The summed E-state index contributed by atoms with van der Waals surface area (Å²) in [7, 11) is 0. The second kappa shape index (κ2) is 10.4. The highest BCUT2D eigenvalue weighted by molar-refractivity contribution is 6.30. The first-order valence-corrected chi connectivity index (χ1v) is 11.1. The molecule has 2 aromatic heterocycles. The Morgan fingerprint density at radius 1 is 1.00 bits per heavy atom. The topological polar surface area (TPSA) is 112 Å². The Labute approximate surface area is 204 Å². The van der Waals surface area contributed by atoms with Crippen LogP contribution in [0.25, 0.3) is 11.0 Å². The van der Waals surface area contributed by atoms with E-state index in [1.165, 1.54) is 22.9 Å². The lowest BCUT2D eigenvalue weighted by Crippen LogP contribution is -2.42. The quantitative estimate of drug-likeness (QED) is 0.397. The predicted octanol–water partition coefficient (Wildman–Crippen LogP) is 3.08. The maximum absolute atomic E-state index is 13.3. The summed E-state index contributed by atoms with van der Waals surface area (Å²) in [6.07, 6.45) is 1.45. The number of halogens is 1. The first kappa shape index (κ1) is 23.9. The van der Waals surface area contributed by atoms with Crippen molar-refractivity contribution in [3.8, 4) is 0 Å². The Hall–Kier alpha value is -4.24. The third-order valence-corrected chi connectivity index (χ3v) is 5.47. The lowest BCUT2D eigenvalue weighted by molar-refractivity contribution is -0.116. The summed E-state index contributed by atoms with van der Waals surface area (Å²) in [6.45, 7) is 1.63. The summed E-state index contributed by atoms with van der Waals surface area (Å²) in [6, 6.07) is 16.1. The van der Waals surface area contributed by atoms with Gasteiger partial charge in [0.25, 0.3) is 5.56 Å². The molecule has 0 aliphatic rings. The number of aromatic nitrogens is 3. The van der Waals surface area contributed by atoms with Gasteiger partial charge in [-0.2, -0.15) is 0 Å². The minimum Gasteiger partial charge on any atom is -0.462 e. The molecule has 0 spiro atoms. The highest BCUT2D eigenvalue weighted by Crippen LogP contribution is 2.13. The molecule has 1 amide bonds. The van der Waals surface area contributed by atoms with Crippen LogP contribution in [0.5, 0.6) is 0 Å². The van der Waals surface area contributed by atoms with Gasteiger partial charge in [-0.1, -0.05) is 23.7 Å². The highest BCUT2D eigenvalue weighted by atomic mass is 35.5. The van der Waals surface area contributed by atoms with Gasteiger partial charge in [0.15, 0.2) is 5.52 Å². The summed E-state index contributed by atoms with van der Waals surface area (Å²) >= 11 is 5.93. The number of amides is 1. The van der Waals surface area contributed by atoms with E-state index in [-0.39, 0.29) is 30.7 Å². The SMILES string of the molecule is CCOC(=O)c1ccc(NC(=O)Cn2c(=O)n(Cc3ccc(Cl)cc3)c(=O)c3ncccc32)cc1. The van der Waals surface area contributed by atoms with E-state index in [0.717, 1.165) is 4.57 Å². The molecule has 0 aliphatic carbocycles. The second-order valence-corrected chi connectivity index (χ2v) is 8.04. The molecular formula is C25H21ClN4O5. The zero-order valence-corrected chi connectivity index (χ0v) is 19.5. The molecule has 4 aromatic rings. The van der Waals surface area contributed by atoms with Gasteiger partial charge in [0.05, 0.1) is 24.2 Å². The first-order valence-electron chi connectivity index (χ1n) is 10.8. The Balaban J connectivity index is 1.63. The van der Waals surface area contributed by atoms with Crippen molar-refractivity contribution < 1.29 is 14.3 Å². The van der Waals surface area contributed by atoms with Gasteiger partial charge in [-0.3, -0.25) is 18.7 Å². The first-order chi connectivity index (χ1) is 16.9. The number of carbonyl (C=O) groups is 2. The van der Waals surface area contributed by atoms with E-state index in [4.69, 9.17) is 16.3 Å². The molecule has 10 heteroatoms. The highest BCUT2D eigenvalue weighted by Gasteiger charge is 2.17.